The Hall–Kier alpha value is -3.19. The van der Waals surface area contributed by atoms with Crippen molar-refractivity contribution in [3.8, 4) is 0 Å². The van der Waals surface area contributed by atoms with Gasteiger partial charge in [0.05, 0.1) is 6.33 Å². The average Bonchev–Trinajstić information content (AvgIpc) is 3.57. The predicted molar refractivity (Wildman–Crippen MR) is 127 cm³/mol. The molecule has 1 unspecified atom stereocenters. The van der Waals surface area contributed by atoms with Crippen molar-refractivity contribution in [2.45, 2.75) is 44.8 Å². The number of hydrogen-bond acceptors (Lipinski definition) is 4. The third-order valence-electron chi connectivity index (χ3n) is 6.77. The van der Waals surface area contributed by atoms with E-state index in [0.717, 1.165) is 13.0 Å². The Labute approximate surface area is 186 Å². The van der Waals surface area contributed by atoms with E-state index in [-0.39, 0.29) is 17.3 Å². The van der Waals surface area contributed by atoms with E-state index in [2.05, 4.69) is 59.3 Å². The summed E-state index contributed by atoms with van der Waals surface area (Å²) in [5.74, 6) is 0. The van der Waals surface area contributed by atoms with E-state index in [0.29, 0.717) is 23.8 Å². The zero-order valence-electron chi connectivity index (χ0n) is 18.9. The lowest BCUT2D eigenvalue weighted by Crippen LogP contribution is -2.40. The van der Waals surface area contributed by atoms with Crippen molar-refractivity contribution < 1.29 is 0 Å². The molecule has 4 aromatic rings. The summed E-state index contributed by atoms with van der Waals surface area (Å²) < 4.78 is 4.51. The number of aryl methyl sites for hydroxylation is 2. The van der Waals surface area contributed by atoms with E-state index in [4.69, 9.17) is 0 Å². The molecule has 166 valence electrons. The maximum absolute atomic E-state index is 13.0. The zero-order valence-corrected chi connectivity index (χ0v) is 18.9. The Morgan fingerprint density at radius 2 is 1.84 bits per heavy atom. The molecule has 0 spiro atoms. The van der Waals surface area contributed by atoms with Gasteiger partial charge in [0.25, 0.3) is 5.56 Å². The van der Waals surface area contributed by atoms with Crippen LogP contribution in [-0.4, -0.2) is 36.2 Å². The minimum absolute atomic E-state index is 0.261. The minimum atomic E-state index is -0.304. The fourth-order valence-corrected chi connectivity index (χ4v) is 4.76. The number of fused-ring (bicyclic) bond motifs is 2. The van der Waals surface area contributed by atoms with Crippen LogP contribution < -0.4 is 11.2 Å². The minimum Gasteiger partial charge on any atom is -0.328 e. The molecule has 5 rings (SSSR count). The van der Waals surface area contributed by atoms with Gasteiger partial charge in [-0.2, -0.15) is 0 Å². The second-order valence-corrected chi connectivity index (χ2v) is 8.93. The standard InChI is InChI=1S/C25H29N5O2/c1-17(19-10-9-18-7-4-5-8-20(18)15-19)29(21-11-12-21)13-6-14-30-24(31)22-23(26-16-27(22)2)28(3)25(30)32/h4-5,7-10,15-17,21H,6,11-14H2,1-3H3. The highest BCUT2D eigenvalue weighted by atomic mass is 16.2. The van der Waals surface area contributed by atoms with Gasteiger partial charge in [-0.05, 0) is 48.6 Å². The van der Waals surface area contributed by atoms with Crippen molar-refractivity contribution in [1.82, 2.24) is 23.6 Å². The summed E-state index contributed by atoms with van der Waals surface area (Å²) in [5, 5.41) is 2.51. The van der Waals surface area contributed by atoms with Crippen molar-refractivity contribution >= 4 is 21.9 Å². The summed E-state index contributed by atoms with van der Waals surface area (Å²) in [5.41, 5.74) is 1.64. The number of benzene rings is 2. The second-order valence-electron chi connectivity index (χ2n) is 8.93. The summed E-state index contributed by atoms with van der Waals surface area (Å²) in [6, 6.07) is 16.0. The summed E-state index contributed by atoms with van der Waals surface area (Å²) in [4.78, 5) is 32.5. The van der Waals surface area contributed by atoms with Gasteiger partial charge in [-0.3, -0.25) is 18.8 Å². The Morgan fingerprint density at radius 1 is 1.09 bits per heavy atom. The van der Waals surface area contributed by atoms with E-state index >= 15 is 0 Å². The van der Waals surface area contributed by atoms with Crippen LogP contribution >= 0.6 is 0 Å². The molecular formula is C25H29N5O2. The fraction of sp³-hybridized carbons (Fsp3) is 0.400. The lowest BCUT2D eigenvalue weighted by Gasteiger charge is -2.30. The molecule has 2 aromatic heterocycles. The first kappa shape index (κ1) is 20.7. The van der Waals surface area contributed by atoms with Gasteiger partial charge in [-0.1, -0.05) is 36.4 Å². The quantitative estimate of drug-likeness (QED) is 0.451. The molecule has 7 nitrogen and oxygen atoms in total. The lowest BCUT2D eigenvalue weighted by atomic mass is 10.0. The fourth-order valence-electron chi connectivity index (χ4n) is 4.76. The highest BCUT2D eigenvalue weighted by Gasteiger charge is 2.32. The first-order valence-corrected chi connectivity index (χ1v) is 11.3. The highest BCUT2D eigenvalue weighted by molar-refractivity contribution is 5.83. The van der Waals surface area contributed by atoms with Gasteiger partial charge >= 0.3 is 5.69 Å². The molecule has 1 aliphatic rings. The van der Waals surface area contributed by atoms with Gasteiger partial charge in [0, 0.05) is 39.3 Å². The lowest BCUT2D eigenvalue weighted by molar-refractivity contribution is 0.193. The molecule has 32 heavy (non-hydrogen) atoms. The molecule has 1 atom stereocenters. The summed E-state index contributed by atoms with van der Waals surface area (Å²) in [6.07, 6.45) is 4.74. The monoisotopic (exact) mass is 431 g/mol. The molecule has 0 bridgehead atoms. The highest BCUT2D eigenvalue weighted by Crippen LogP contribution is 2.35. The Bertz CT molecular complexity index is 1410. The third kappa shape index (κ3) is 3.56. The first-order chi connectivity index (χ1) is 15.5. The van der Waals surface area contributed by atoms with E-state index in [1.54, 1.807) is 25.0 Å². The molecule has 0 saturated heterocycles. The summed E-state index contributed by atoms with van der Waals surface area (Å²) >= 11 is 0. The summed E-state index contributed by atoms with van der Waals surface area (Å²) in [6.45, 7) is 3.51. The molecule has 0 radical (unpaired) electrons. The van der Waals surface area contributed by atoms with Crippen LogP contribution in [0.25, 0.3) is 21.9 Å². The molecule has 1 fully saturated rings. The Balaban J connectivity index is 1.36. The normalized spacial score (nSPS) is 15.1. The molecule has 0 amide bonds. The maximum Gasteiger partial charge on any atom is 0.332 e. The SMILES string of the molecule is CC(c1ccc2ccccc2c1)N(CCCn1c(=O)c2c(ncn2C)n(C)c1=O)C1CC1. The maximum atomic E-state index is 13.0. The number of imidazole rings is 1. The van der Waals surface area contributed by atoms with Crippen LogP contribution in [0.3, 0.4) is 0 Å². The van der Waals surface area contributed by atoms with Crippen LogP contribution in [0.2, 0.25) is 0 Å². The first-order valence-electron chi connectivity index (χ1n) is 11.3. The molecule has 0 N–H and O–H groups in total. The van der Waals surface area contributed by atoms with Gasteiger partial charge in [-0.25, -0.2) is 9.78 Å². The molecule has 7 heteroatoms. The van der Waals surface area contributed by atoms with Crippen molar-refractivity contribution in [3.63, 3.8) is 0 Å². The van der Waals surface area contributed by atoms with Crippen molar-refractivity contribution in [1.29, 1.82) is 0 Å². The number of hydrogen-bond donors (Lipinski definition) is 0. The van der Waals surface area contributed by atoms with Crippen LogP contribution in [0.4, 0.5) is 0 Å². The Kier molecular flexibility index (Phi) is 5.21. The van der Waals surface area contributed by atoms with E-state index in [9.17, 15) is 9.59 Å². The van der Waals surface area contributed by atoms with Crippen molar-refractivity contribution in [2.75, 3.05) is 6.54 Å². The zero-order chi connectivity index (χ0) is 22.4. The number of aromatic nitrogens is 4. The Morgan fingerprint density at radius 3 is 2.59 bits per heavy atom. The summed E-state index contributed by atoms with van der Waals surface area (Å²) in [7, 11) is 3.46. The molecule has 2 aromatic carbocycles. The van der Waals surface area contributed by atoms with Crippen molar-refractivity contribution in [2.24, 2.45) is 14.1 Å². The molecule has 0 aliphatic heterocycles. The van der Waals surface area contributed by atoms with Crippen LogP contribution in [-0.2, 0) is 20.6 Å². The van der Waals surface area contributed by atoms with Gasteiger partial charge in [0.2, 0.25) is 0 Å². The van der Waals surface area contributed by atoms with E-state index < -0.39 is 0 Å². The number of rotatable bonds is 7. The predicted octanol–water partition coefficient (Wildman–Crippen LogP) is 3.20. The van der Waals surface area contributed by atoms with Crippen molar-refractivity contribution in [3.05, 3.63) is 75.2 Å². The van der Waals surface area contributed by atoms with Gasteiger partial charge < -0.3 is 4.57 Å². The van der Waals surface area contributed by atoms with Crippen LogP contribution in [0, 0.1) is 0 Å². The van der Waals surface area contributed by atoms with Gasteiger partial charge in [-0.15, -0.1) is 0 Å². The second kappa shape index (κ2) is 8.06. The molecule has 1 saturated carbocycles. The van der Waals surface area contributed by atoms with Crippen LogP contribution in [0.1, 0.15) is 37.8 Å². The third-order valence-corrected chi connectivity index (χ3v) is 6.77. The molecular weight excluding hydrogens is 402 g/mol. The van der Waals surface area contributed by atoms with Crippen LogP contribution in [0.5, 0.6) is 0 Å². The molecule has 2 heterocycles. The van der Waals surface area contributed by atoms with E-state index in [1.165, 1.54) is 38.3 Å². The van der Waals surface area contributed by atoms with E-state index in [1.807, 2.05) is 0 Å². The van der Waals surface area contributed by atoms with Gasteiger partial charge in [0.1, 0.15) is 0 Å². The van der Waals surface area contributed by atoms with Gasteiger partial charge in [0.15, 0.2) is 11.2 Å². The topological polar surface area (TPSA) is 65.1 Å². The average molecular weight is 432 g/mol. The largest absolute Gasteiger partial charge is 0.332 e. The molecule has 1 aliphatic carbocycles. The number of nitrogens with zero attached hydrogens (tertiary/aromatic N) is 5. The van der Waals surface area contributed by atoms with Crippen LogP contribution in [0.15, 0.2) is 58.4 Å². The smallest absolute Gasteiger partial charge is 0.328 e.